The molecule has 0 amide bonds. The minimum absolute atomic E-state index is 0.237. The van der Waals surface area contributed by atoms with Gasteiger partial charge in [-0.25, -0.2) is 0 Å². The molecule has 0 radical (unpaired) electrons. The van der Waals surface area contributed by atoms with E-state index < -0.39 is 11.7 Å². The Labute approximate surface area is 97.7 Å². The van der Waals surface area contributed by atoms with Crippen molar-refractivity contribution < 1.29 is 13.2 Å². The summed E-state index contributed by atoms with van der Waals surface area (Å²) < 4.78 is 37.4. The van der Waals surface area contributed by atoms with E-state index in [1.54, 1.807) is 6.08 Å². The Morgan fingerprint density at radius 1 is 1.31 bits per heavy atom. The number of allylic oxidation sites excluding steroid dienone is 1. The molecule has 0 aliphatic carbocycles. The molecule has 0 saturated heterocycles. The van der Waals surface area contributed by atoms with Gasteiger partial charge in [-0.2, -0.15) is 13.2 Å². The van der Waals surface area contributed by atoms with Crippen molar-refractivity contribution in [2.75, 3.05) is 5.88 Å². The average molecular weight is 249 g/mol. The smallest absolute Gasteiger partial charge is 0.166 e. The molecule has 0 bridgehead atoms. The molecule has 0 N–H and O–H groups in total. The molecule has 0 unspecified atom stereocenters. The molecule has 0 nitrogen and oxygen atoms in total. The SMILES string of the molecule is Cc1cc(C=CCCCl)ccc1C(F)(F)F. The van der Waals surface area contributed by atoms with Crippen molar-refractivity contribution in [3.63, 3.8) is 0 Å². The molecule has 88 valence electrons. The van der Waals surface area contributed by atoms with Crippen LogP contribution in [0.4, 0.5) is 13.2 Å². The van der Waals surface area contributed by atoms with Crippen LogP contribution in [0, 0.1) is 6.92 Å². The molecule has 4 heteroatoms. The predicted octanol–water partition coefficient (Wildman–Crippen LogP) is 4.66. The summed E-state index contributed by atoms with van der Waals surface area (Å²) in [5, 5.41) is 0. The zero-order chi connectivity index (χ0) is 12.2. The van der Waals surface area contributed by atoms with E-state index in [1.165, 1.54) is 19.1 Å². The standard InChI is InChI=1S/C12H12ClF3/c1-9-8-10(4-2-3-7-13)5-6-11(9)12(14,15)16/h2,4-6,8H,3,7H2,1H3. The molecule has 0 aliphatic heterocycles. The summed E-state index contributed by atoms with van der Waals surface area (Å²) in [6.45, 7) is 1.46. The van der Waals surface area contributed by atoms with Gasteiger partial charge in [0.2, 0.25) is 0 Å². The van der Waals surface area contributed by atoms with E-state index in [9.17, 15) is 13.2 Å². The van der Waals surface area contributed by atoms with Gasteiger partial charge in [-0.3, -0.25) is 0 Å². The number of alkyl halides is 4. The predicted molar refractivity (Wildman–Crippen MR) is 60.6 cm³/mol. The number of halogens is 4. The zero-order valence-corrected chi connectivity index (χ0v) is 9.57. The van der Waals surface area contributed by atoms with Crippen molar-refractivity contribution in [1.82, 2.24) is 0 Å². The van der Waals surface area contributed by atoms with Crippen LogP contribution < -0.4 is 0 Å². The van der Waals surface area contributed by atoms with Gasteiger partial charge in [0.05, 0.1) is 5.56 Å². The molecule has 1 aromatic carbocycles. The first-order valence-electron chi connectivity index (χ1n) is 4.85. The monoisotopic (exact) mass is 248 g/mol. The van der Waals surface area contributed by atoms with Crippen LogP contribution in [0.5, 0.6) is 0 Å². The fourth-order valence-corrected chi connectivity index (χ4v) is 1.52. The van der Waals surface area contributed by atoms with Crippen molar-refractivity contribution in [2.45, 2.75) is 19.5 Å². The fourth-order valence-electron chi connectivity index (χ4n) is 1.39. The molecule has 0 atom stereocenters. The second-order valence-electron chi connectivity index (χ2n) is 3.45. The van der Waals surface area contributed by atoms with Crippen molar-refractivity contribution in [3.05, 3.63) is 41.0 Å². The lowest BCUT2D eigenvalue weighted by Crippen LogP contribution is -2.07. The third kappa shape index (κ3) is 3.56. The molecule has 0 saturated carbocycles. The van der Waals surface area contributed by atoms with E-state index in [0.717, 1.165) is 11.6 Å². The van der Waals surface area contributed by atoms with Crippen LogP contribution in [0.2, 0.25) is 0 Å². The Kier molecular flexibility index (Phi) is 4.42. The highest BCUT2D eigenvalue weighted by molar-refractivity contribution is 6.17. The zero-order valence-electron chi connectivity index (χ0n) is 8.81. The van der Waals surface area contributed by atoms with Gasteiger partial charge in [0, 0.05) is 5.88 Å². The number of aryl methyl sites for hydroxylation is 1. The highest BCUT2D eigenvalue weighted by Gasteiger charge is 2.31. The van der Waals surface area contributed by atoms with Crippen molar-refractivity contribution in [3.8, 4) is 0 Å². The third-order valence-electron chi connectivity index (χ3n) is 2.14. The lowest BCUT2D eigenvalue weighted by Gasteiger charge is -2.10. The molecular formula is C12H12ClF3. The number of hydrogen-bond donors (Lipinski definition) is 0. The van der Waals surface area contributed by atoms with E-state index in [-0.39, 0.29) is 5.56 Å². The van der Waals surface area contributed by atoms with Crippen LogP contribution in [0.3, 0.4) is 0 Å². The Morgan fingerprint density at radius 3 is 2.50 bits per heavy atom. The van der Waals surface area contributed by atoms with Crippen LogP contribution in [0.25, 0.3) is 6.08 Å². The first-order chi connectivity index (χ1) is 7.45. The Hall–Kier alpha value is -0.960. The Balaban J connectivity index is 2.91. The Morgan fingerprint density at radius 2 is 2.00 bits per heavy atom. The highest BCUT2D eigenvalue weighted by atomic mass is 35.5. The van der Waals surface area contributed by atoms with Gasteiger partial charge in [0.25, 0.3) is 0 Å². The van der Waals surface area contributed by atoms with E-state index in [2.05, 4.69) is 0 Å². The first-order valence-corrected chi connectivity index (χ1v) is 5.39. The largest absolute Gasteiger partial charge is 0.416 e. The topological polar surface area (TPSA) is 0 Å². The molecule has 0 spiro atoms. The third-order valence-corrected chi connectivity index (χ3v) is 2.36. The summed E-state index contributed by atoms with van der Waals surface area (Å²) >= 11 is 5.48. The van der Waals surface area contributed by atoms with Crippen LogP contribution >= 0.6 is 11.6 Å². The number of benzene rings is 1. The lowest BCUT2D eigenvalue weighted by molar-refractivity contribution is -0.138. The van der Waals surface area contributed by atoms with Crippen molar-refractivity contribution in [1.29, 1.82) is 0 Å². The molecule has 16 heavy (non-hydrogen) atoms. The average Bonchev–Trinajstić information content (AvgIpc) is 2.16. The van der Waals surface area contributed by atoms with Gasteiger partial charge in [-0.1, -0.05) is 24.3 Å². The fraction of sp³-hybridized carbons (Fsp3) is 0.333. The van der Waals surface area contributed by atoms with E-state index in [1.807, 2.05) is 6.08 Å². The highest BCUT2D eigenvalue weighted by Crippen LogP contribution is 2.32. The molecule has 0 fully saturated rings. The van der Waals surface area contributed by atoms with E-state index in [4.69, 9.17) is 11.6 Å². The minimum atomic E-state index is -4.28. The van der Waals surface area contributed by atoms with Gasteiger partial charge >= 0.3 is 6.18 Å². The molecule has 1 rings (SSSR count). The number of hydrogen-bond acceptors (Lipinski definition) is 0. The molecule has 1 aromatic rings. The van der Waals surface area contributed by atoms with Gasteiger partial charge < -0.3 is 0 Å². The molecule has 0 aliphatic rings. The van der Waals surface area contributed by atoms with Crippen LogP contribution in [0.1, 0.15) is 23.1 Å². The maximum absolute atomic E-state index is 12.5. The van der Waals surface area contributed by atoms with Gasteiger partial charge in [-0.05, 0) is 30.5 Å². The number of rotatable bonds is 3. The van der Waals surface area contributed by atoms with Crippen LogP contribution in [-0.2, 0) is 6.18 Å². The minimum Gasteiger partial charge on any atom is -0.166 e. The maximum atomic E-state index is 12.5. The van der Waals surface area contributed by atoms with E-state index in [0.29, 0.717) is 12.3 Å². The maximum Gasteiger partial charge on any atom is 0.416 e. The summed E-state index contributed by atoms with van der Waals surface area (Å²) in [7, 11) is 0. The Bertz CT molecular complexity index is 380. The lowest BCUT2D eigenvalue weighted by atomic mass is 10.0. The molecular weight excluding hydrogens is 237 g/mol. The normalized spacial score (nSPS) is 12.3. The van der Waals surface area contributed by atoms with Crippen LogP contribution in [-0.4, -0.2) is 5.88 Å². The summed E-state index contributed by atoms with van der Waals surface area (Å²) in [6.07, 6.45) is 0.0503. The van der Waals surface area contributed by atoms with Gasteiger partial charge in [-0.15, -0.1) is 11.6 Å². The van der Waals surface area contributed by atoms with Gasteiger partial charge in [0.1, 0.15) is 0 Å². The van der Waals surface area contributed by atoms with Crippen LogP contribution in [0.15, 0.2) is 24.3 Å². The summed E-state index contributed by atoms with van der Waals surface area (Å²) in [4.78, 5) is 0. The van der Waals surface area contributed by atoms with E-state index >= 15 is 0 Å². The molecule has 0 aromatic heterocycles. The van der Waals surface area contributed by atoms with Gasteiger partial charge in [0.15, 0.2) is 0 Å². The first kappa shape index (κ1) is 13.1. The quantitative estimate of drug-likeness (QED) is 0.683. The summed E-state index contributed by atoms with van der Waals surface area (Å²) in [6, 6.07) is 4.09. The second-order valence-corrected chi connectivity index (χ2v) is 3.83. The van der Waals surface area contributed by atoms with Crippen molar-refractivity contribution in [2.24, 2.45) is 0 Å². The van der Waals surface area contributed by atoms with Crippen molar-refractivity contribution >= 4 is 17.7 Å². The summed E-state index contributed by atoms with van der Waals surface area (Å²) in [5.41, 5.74) is 0.415. The summed E-state index contributed by atoms with van der Waals surface area (Å²) in [5.74, 6) is 0.510. The molecule has 0 heterocycles. The second kappa shape index (κ2) is 5.39.